The van der Waals surface area contributed by atoms with Crippen molar-refractivity contribution in [3.05, 3.63) is 50.5 Å². The highest BCUT2D eigenvalue weighted by atomic mass is 32.1. The van der Waals surface area contributed by atoms with E-state index in [0.29, 0.717) is 6.04 Å². The molecule has 0 amide bonds. The fraction of sp³-hybridized carbons (Fsp3) is 0.471. The number of hydrogen-bond donors (Lipinski definition) is 1. The Kier molecular flexibility index (Phi) is 4.95. The number of nitrogens with one attached hydrogen (secondary N) is 1. The third kappa shape index (κ3) is 3.68. The zero-order valence-corrected chi connectivity index (χ0v) is 13.9. The van der Waals surface area contributed by atoms with E-state index in [0.717, 1.165) is 17.8 Å². The first-order valence-corrected chi connectivity index (χ1v) is 8.02. The second-order valence-electron chi connectivity index (χ2n) is 5.63. The lowest BCUT2D eigenvalue weighted by Gasteiger charge is -2.19. The zero-order valence-electron chi connectivity index (χ0n) is 13.1. The van der Waals surface area contributed by atoms with E-state index in [1.807, 2.05) is 7.05 Å². The van der Waals surface area contributed by atoms with Crippen LogP contribution in [0, 0.1) is 27.7 Å². The van der Waals surface area contributed by atoms with E-state index in [4.69, 9.17) is 0 Å². The summed E-state index contributed by atoms with van der Waals surface area (Å²) < 4.78 is 0. The largest absolute Gasteiger partial charge is 0.316 e. The van der Waals surface area contributed by atoms with Crippen LogP contribution in [0.25, 0.3) is 0 Å². The van der Waals surface area contributed by atoms with Gasteiger partial charge in [-0.25, -0.2) is 4.98 Å². The van der Waals surface area contributed by atoms with E-state index in [2.05, 4.69) is 55.5 Å². The minimum atomic E-state index is 0.441. The average molecular weight is 288 g/mol. The maximum atomic E-state index is 4.58. The van der Waals surface area contributed by atoms with Gasteiger partial charge in [0.1, 0.15) is 0 Å². The van der Waals surface area contributed by atoms with Gasteiger partial charge in [-0.05, 0) is 57.9 Å². The second-order valence-corrected chi connectivity index (χ2v) is 6.69. The van der Waals surface area contributed by atoms with Gasteiger partial charge in [-0.3, -0.25) is 0 Å². The number of aromatic nitrogens is 1. The Morgan fingerprint density at radius 3 is 2.25 bits per heavy atom. The minimum absolute atomic E-state index is 0.441. The highest BCUT2D eigenvalue weighted by molar-refractivity contribution is 7.09. The van der Waals surface area contributed by atoms with Gasteiger partial charge in [0.05, 0.1) is 10.7 Å². The SMILES string of the molecule is CNC(Cc1csc(C)n1)Cc1c(C)cc(C)cc1C. The fourth-order valence-electron chi connectivity index (χ4n) is 2.81. The molecule has 0 spiro atoms. The van der Waals surface area contributed by atoms with Gasteiger partial charge >= 0.3 is 0 Å². The Morgan fingerprint density at radius 1 is 1.10 bits per heavy atom. The number of likely N-dealkylation sites (N-methyl/N-ethyl adjacent to an activating group) is 1. The lowest BCUT2D eigenvalue weighted by atomic mass is 9.93. The summed E-state index contributed by atoms with van der Waals surface area (Å²) in [7, 11) is 2.04. The predicted molar refractivity (Wildman–Crippen MR) is 87.8 cm³/mol. The Morgan fingerprint density at radius 2 is 1.75 bits per heavy atom. The van der Waals surface area contributed by atoms with Crippen molar-refractivity contribution in [2.24, 2.45) is 0 Å². The summed E-state index contributed by atoms with van der Waals surface area (Å²) >= 11 is 1.73. The molecule has 0 bridgehead atoms. The first-order valence-electron chi connectivity index (χ1n) is 7.14. The smallest absolute Gasteiger partial charge is 0.0897 e. The first-order chi connectivity index (χ1) is 9.49. The summed E-state index contributed by atoms with van der Waals surface area (Å²) in [6.45, 7) is 8.66. The van der Waals surface area contributed by atoms with Crippen molar-refractivity contribution in [3.8, 4) is 0 Å². The maximum Gasteiger partial charge on any atom is 0.0897 e. The van der Waals surface area contributed by atoms with Gasteiger partial charge in [0.25, 0.3) is 0 Å². The highest BCUT2D eigenvalue weighted by Crippen LogP contribution is 2.19. The number of nitrogens with zero attached hydrogens (tertiary/aromatic N) is 1. The third-order valence-electron chi connectivity index (χ3n) is 3.82. The van der Waals surface area contributed by atoms with Crippen LogP contribution in [0.1, 0.15) is 33.0 Å². The molecule has 0 aliphatic carbocycles. The van der Waals surface area contributed by atoms with Crippen LogP contribution in [-0.4, -0.2) is 18.1 Å². The van der Waals surface area contributed by atoms with Gasteiger partial charge in [-0.1, -0.05) is 17.7 Å². The molecule has 0 saturated heterocycles. The molecule has 1 atom stereocenters. The van der Waals surface area contributed by atoms with Crippen molar-refractivity contribution in [2.45, 2.75) is 46.6 Å². The van der Waals surface area contributed by atoms with E-state index in [1.165, 1.54) is 27.9 Å². The Balaban J connectivity index is 2.14. The van der Waals surface area contributed by atoms with Gasteiger partial charge in [0.15, 0.2) is 0 Å². The highest BCUT2D eigenvalue weighted by Gasteiger charge is 2.13. The molecule has 2 nitrogen and oxygen atoms in total. The number of rotatable bonds is 5. The Labute approximate surface area is 126 Å². The molecule has 1 N–H and O–H groups in total. The molecule has 20 heavy (non-hydrogen) atoms. The van der Waals surface area contributed by atoms with E-state index in [9.17, 15) is 0 Å². The molecule has 2 rings (SSSR count). The number of aryl methyl sites for hydroxylation is 4. The van der Waals surface area contributed by atoms with Crippen molar-refractivity contribution in [1.82, 2.24) is 10.3 Å². The molecule has 0 aliphatic heterocycles. The average Bonchev–Trinajstić information content (AvgIpc) is 2.77. The quantitative estimate of drug-likeness (QED) is 0.906. The number of hydrogen-bond acceptors (Lipinski definition) is 3. The van der Waals surface area contributed by atoms with E-state index < -0.39 is 0 Å². The molecule has 3 heteroatoms. The third-order valence-corrected chi connectivity index (χ3v) is 4.64. The van der Waals surface area contributed by atoms with Crippen LogP contribution < -0.4 is 5.32 Å². The van der Waals surface area contributed by atoms with E-state index in [1.54, 1.807) is 11.3 Å². The standard InChI is InChI=1S/C17H24N2S/c1-11-6-12(2)17(13(3)7-11)9-15(18-5)8-16-10-20-14(4)19-16/h6-7,10,15,18H,8-9H2,1-5H3. The zero-order chi connectivity index (χ0) is 14.7. The molecule has 108 valence electrons. The molecular weight excluding hydrogens is 264 g/mol. The molecule has 1 aromatic heterocycles. The fourth-order valence-corrected chi connectivity index (χ4v) is 3.43. The van der Waals surface area contributed by atoms with Crippen molar-refractivity contribution in [3.63, 3.8) is 0 Å². The van der Waals surface area contributed by atoms with Gasteiger partial charge in [-0.15, -0.1) is 11.3 Å². The van der Waals surface area contributed by atoms with Crippen LogP contribution in [0.5, 0.6) is 0 Å². The van der Waals surface area contributed by atoms with Crippen LogP contribution in [0.4, 0.5) is 0 Å². The van der Waals surface area contributed by atoms with Crippen molar-refractivity contribution in [1.29, 1.82) is 0 Å². The number of thiazole rings is 1. The lowest BCUT2D eigenvalue weighted by molar-refractivity contribution is 0.549. The molecule has 0 saturated carbocycles. The Hall–Kier alpha value is -1.19. The lowest BCUT2D eigenvalue weighted by Crippen LogP contribution is -2.30. The van der Waals surface area contributed by atoms with Gasteiger partial charge < -0.3 is 5.32 Å². The van der Waals surface area contributed by atoms with Crippen molar-refractivity contribution >= 4 is 11.3 Å². The molecule has 0 radical (unpaired) electrons. The van der Waals surface area contributed by atoms with Crippen molar-refractivity contribution in [2.75, 3.05) is 7.05 Å². The van der Waals surface area contributed by atoms with Crippen molar-refractivity contribution < 1.29 is 0 Å². The van der Waals surface area contributed by atoms with Crippen LogP contribution in [0.3, 0.4) is 0 Å². The molecule has 1 heterocycles. The molecular formula is C17H24N2S. The topological polar surface area (TPSA) is 24.9 Å². The molecule has 1 unspecified atom stereocenters. The summed E-state index contributed by atoms with van der Waals surface area (Å²) in [6, 6.07) is 5.00. The summed E-state index contributed by atoms with van der Waals surface area (Å²) in [5, 5.41) is 6.77. The minimum Gasteiger partial charge on any atom is -0.316 e. The van der Waals surface area contributed by atoms with Crippen LogP contribution in [0.2, 0.25) is 0 Å². The van der Waals surface area contributed by atoms with Gasteiger partial charge in [0, 0.05) is 17.8 Å². The second kappa shape index (κ2) is 6.51. The molecule has 1 aromatic carbocycles. The van der Waals surface area contributed by atoms with Gasteiger partial charge in [-0.2, -0.15) is 0 Å². The summed E-state index contributed by atoms with van der Waals surface area (Å²) in [4.78, 5) is 4.58. The van der Waals surface area contributed by atoms with E-state index in [-0.39, 0.29) is 0 Å². The molecule has 0 fully saturated rings. The summed E-state index contributed by atoms with van der Waals surface area (Å²) in [5.41, 5.74) is 6.82. The summed E-state index contributed by atoms with van der Waals surface area (Å²) in [6.07, 6.45) is 2.05. The van der Waals surface area contributed by atoms with Crippen LogP contribution >= 0.6 is 11.3 Å². The number of benzene rings is 1. The van der Waals surface area contributed by atoms with Crippen LogP contribution in [0.15, 0.2) is 17.5 Å². The Bertz CT molecular complexity index is 563. The van der Waals surface area contributed by atoms with Gasteiger partial charge in [0.2, 0.25) is 0 Å². The first kappa shape index (κ1) is 15.2. The maximum absolute atomic E-state index is 4.58. The monoisotopic (exact) mass is 288 g/mol. The summed E-state index contributed by atoms with van der Waals surface area (Å²) in [5.74, 6) is 0. The van der Waals surface area contributed by atoms with Crippen LogP contribution in [-0.2, 0) is 12.8 Å². The normalized spacial score (nSPS) is 12.7. The predicted octanol–water partition coefficient (Wildman–Crippen LogP) is 3.75. The molecule has 2 aromatic rings. The van der Waals surface area contributed by atoms with E-state index >= 15 is 0 Å². The molecule has 0 aliphatic rings.